The van der Waals surface area contributed by atoms with Crippen LogP contribution in [0.15, 0.2) is 30.3 Å². The molecule has 0 fully saturated rings. The monoisotopic (exact) mass is 262 g/mol. The summed E-state index contributed by atoms with van der Waals surface area (Å²) in [6, 6.07) is 10.2. The van der Waals surface area contributed by atoms with Crippen molar-refractivity contribution in [3.8, 4) is 0 Å². The molecule has 0 aliphatic carbocycles. The fourth-order valence-electron chi connectivity index (χ4n) is 2.16. The first-order valence-electron chi connectivity index (χ1n) is 7.16. The summed E-state index contributed by atoms with van der Waals surface area (Å²) in [7, 11) is 2.04. The van der Waals surface area contributed by atoms with Crippen molar-refractivity contribution in [1.29, 1.82) is 0 Å². The van der Waals surface area contributed by atoms with E-state index in [1.165, 1.54) is 5.69 Å². The Hall–Kier alpha value is -1.51. The molecule has 1 aromatic carbocycles. The van der Waals surface area contributed by atoms with E-state index in [1.54, 1.807) is 0 Å². The van der Waals surface area contributed by atoms with E-state index >= 15 is 0 Å². The van der Waals surface area contributed by atoms with Crippen LogP contribution < -0.4 is 10.2 Å². The molecule has 19 heavy (non-hydrogen) atoms. The van der Waals surface area contributed by atoms with Crippen molar-refractivity contribution in [3.05, 3.63) is 30.3 Å². The third kappa shape index (κ3) is 6.27. The number of nitrogens with zero attached hydrogens (tertiary/aromatic N) is 1. The lowest BCUT2D eigenvalue weighted by molar-refractivity contribution is -0.121. The fourth-order valence-corrected chi connectivity index (χ4v) is 2.16. The molecule has 1 atom stereocenters. The second-order valence-corrected chi connectivity index (χ2v) is 5.21. The third-order valence-electron chi connectivity index (χ3n) is 3.28. The zero-order chi connectivity index (χ0) is 14.1. The van der Waals surface area contributed by atoms with Gasteiger partial charge in [0.15, 0.2) is 0 Å². The van der Waals surface area contributed by atoms with Crippen LogP contribution >= 0.6 is 0 Å². The van der Waals surface area contributed by atoms with Crippen LogP contribution in [-0.2, 0) is 4.79 Å². The number of para-hydroxylation sites is 1. The Morgan fingerprint density at radius 2 is 2.00 bits per heavy atom. The summed E-state index contributed by atoms with van der Waals surface area (Å²) < 4.78 is 0. The number of hydrogen-bond acceptors (Lipinski definition) is 2. The maximum absolute atomic E-state index is 11.7. The van der Waals surface area contributed by atoms with Gasteiger partial charge in [-0.3, -0.25) is 4.79 Å². The van der Waals surface area contributed by atoms with Gasteiger partial charge >= 0.3 is 0 Å². The zero-order valence-electron chi connectivity index (χ0n) is 12.4. The predicted octanol–water partition coefficient (Wildman–Crippen LogP) is 3.07. The highest BCUT2D eigenvalue weighted by molar-refractivity contribution is 5.76. The smallest absolute Gasteiger partial charge is 0.220 e. The Kier molecular flexibility index (Phi) is 7.01. The maximum Gasteiger partial charge on any atom is 0.220 e. The Balaban J connectivity index is 2.21. The zero-order valence-corrected chi connectivity index (χ0v) is 12.4. The molecule has 3 heteroatoms. The van der Waals surface area contributed by atoms with Gasteiger partial charge in [0, 0.05) is 32.2 Å². The molecular weight excluding hydrogens is 236 g/mol. The summed E-state index contributed by atoms with van der Waals surface area (Å²) >= 11 is 0. The summed E-state index contributed by atoms with van der Waals surface area (Å²) in [5.41, 5.74) is 1.18. The van der Waals surface area contributed by atoms with Crippen molar-refractivity contribution >= 4 is 11.6 Å². The first-order valence-corrected chi connectivity index (χ1v) is 7.16. The summed E-state index contributed by atoms with van der Waals surface area (Å²) in [4.78, 5) is 13.9. The lowest BCUT2D eigenvalue weighted by Gasteiger charge is -2.19. The maximum atomic E-state index is 11.7. The molecule has 0 radical (unpaired) electrons. The molecule has 0 spiro atoms. The molecular formula is C16H26N2O. The second kappa shape index (κ2) is 8.57. The van der Waals surface area contributed by atoms with E-state index in [2.05, 4.69) is 36.2 Å². The minimum absolute atomic E-state index is 0.169. The molecule has 1 amide bonds. The van der Waals surface area contributed by atoms with Gasteiger partial charge in [0.2, 0.25) is 5.91 Å². The van der Waals surface area contributed by atoms with E-state index in [0.29, 0.717) is 18.9 Å². The van der Waals surface area contributed by atoms with Gasteiger partial charge in [-0.25, -0.2) is 0 Å². The number of carbonyl (C=O) groups excluding carboxylic acids is 1. The molecule has 0 bridgehead atoms. The van der Waals surface area contributed by atoms with Gasteiger partial charge in [0.05, 0.1) is 0 Å². The highest BCUT2D eigenvalue weighted by Crippen LogP contribution is 2.10. The molecule has 1 rings (SSSR count). The first kappa shape index (κ1) is 15.5. The van der Waals surface area contributed by atoms with E-state index in [9.17, 15) is 4.79 Å². The number of benzene rings is 1. The first-order chi connectivity index (χ1) is 9.13. The largest absolute Gasteiger partial charge is 0.373 e. The van der Waals surface area contributed by atoms with Crippen molar-refractivity contribution < 1.29 is 4.79 Å². The molecule has 3 nitrogen and oxygen atoms in total. The number of nitrogens with one attached hydrogen (secondary N) is 1. The van der Waals surface area contributed by atoms with Crippen LogP contribution in [0.2, 0.25) is 0 Å². The normalized spacial score (nSPS) is 11.9. The van der Waals surface area contributed by atoms with Gasteiger partial charge in [-0.15, -0.1) is 0 Å². The minimum Gasteiger partial charge on any atom is -0.373 e. The quantitative estimate of drug-likeness (QED) is 0.781. The van der Waals surface area contributed by atoms with Crippen molar-refractivity contribution in [2.24, 2.45) is 5.92 Å². The van der Waals surface area contributed by atoms with Gasteiger partial charge in [-0.1, -0.05) is 44.9 Å². The molecule has 0 heterocycles. The van der Waals surface area contributed by atoms with Gasteiger partial charge < -0.3 is 10.2 Å². The molecule has 106 valence electrons. The number of rotatable bonds is 8. The standard InChI is InChI=1S/C16H26N2O/c1-4-8-14(2)13-16(19)17-11-12-18(3)15-9-6-5-7-10-15/h5-7,9-10,14H,4,8,11-13H2,1-3H3,(H,17,19). The molecule has 0 saturated heterocycles. The topological polar surface area (TPSA) is 32.3 Å². The average Bonchev–Trinajstić information content (AvgIpc) is 2.39. The second-order valence-electron chi connectivity index (χ2n) is 5.21. The summed E-state index contributed by atoms with van der Waals surface area (Å²) in [6.45, 7) is 5.82. The van der Waals surface area contributed by atoms with Crippen LogP contribution in [0.5, 0.6) is 0 Å². The van der Waals surface area contributed by atoms with Crippen LogP contribution in [0, 0.1) is 5.92 Å². The lowest BCUT2D eigenvalue weighted by Crippen LogP contribution is -2.33. The van der Waals surface area contributed by atoms with E-state index in [0.717, 1.165) is 19.4 Å². The Morgan fingerprint density at radius 1 is 1.32 bits per heavy atom. The van der Waals surface area contributed by atoms with Gasteiger partial charge in [0.1, 0.15) is 0 Å². The van der Waals surface area contributed by atoms with Gasteiger partial charge in [0.25, 0.3) is 0 Å². The van der Waals surface area contributed by atoms with Crippen molar-refractivity contribution in [2.45, 2.75) is 33.1 Å². The fraction of sp³-hybridized carbons (Fsp3) is 0.562. The van der Waals surface area contributed by atoms with Crippen LogP contribution in [-0.4, -0.2) is 26.0 Å². The number of carbonyl (C=O) groups is 1. The van der Waals surface area contributed by atoms with E-state index in [1.807, 2.05) is 25.2 Å². The van der Waals surface area contributed by atoms with E-state index in [4.69, 9.17) is 0 Å². The van der Waals surface area contributed by atoms with Crippen molar-refractivity contribution in [1.82, 2.24) is 5.32 Å². The molecule has 1 aromatic rings. The van der Waals surface area contributed by atoms with Crippen LogP contribution in [0.4, 0.5) is 5.69 Å². The predicted molar refractivity (Wildman–Crippen MR) is 81.4 cm³/mol. The highest BCUT2D eigenvalue weighted by Gasteiger charge is 2.08. The van der Waals surface area contributed by atoms with Gasteiger partial charge in [-0.05, 0) is 18.1 Å². The van der Waals surface area contributed by atoms with Crippen LogP contribution in [0.1, 0.15) is 33.1 Å². The molecule has 0 aliphatic rings. The molecule has 0 aromatic heterocycles. The lowest BCUT2D eigenvalue weighted by atomic mass is 10.0. The number of hydrogen-bond donors (Lipinski definition) is 1. The van der Waals surface area contributed by atoms with Crippen molar-refractivity contribution in [3.63, 3.8) is 0 Å². The summed E-state index contributed by atoms with van der Waals surface area (Å²) in [6.07, 6.45) is 2.91. The Labute approximate surface area is 117 Å². The minimum atomic E-state index is 0.169. The molecule has 0 saturated carbocycles. The van der Waals surface area contributed by atoms with Crippen LogP contribution in [0.3, 0.4) is 0 Å². The van der Waals surface area contributed by atoms with Crippen LogP contribution in [0.25, 0.3) is 0 Å². The SMILES string of the molecule is CCCC(C)CC(=O)NCCN(C)c1ccccc1. The number of amides is 1. The molecule has 0 aliphatic heterocycles. The molecule has 1 unspecified atom stereocenters. The Morgan fingerprint density at radius 3 is 2.63 bits per heavy atom. The number of likely N-dealkylation sites (N-methyl/N-ethyl adjacent to an activating group) is 1. The highest BCUT2D eigenvalue weighted by atomic mass is 16.1. The molecule has 1 N–H and O–H groups in total. The van der Waals surface area contributed by atoms with Crippen molar-refractivity contribution in [2.75, 3.05) is 25.0 Å². The third-order valence-corrected chi connectivity index (χ3v) is 3.28. The van der Waals surface area contributed by atoms with Gasteiger partial charge in [-0.2, -0.15) is 0 Å². The summed E-state index contributed by atoms with van der Waals surface area (Å²) in [5, 5.41) is 2.99. The average molecular weight is 262 g/mol. The van der Waals surface area contributed by atoms with E-state index in [-0.39, 0.29) is 5.91 Å². The number of anilines is 1. The summed E-state index contributed by atoms with van der Waals surface area (Å²) in [5.74, 6) is 0.652. The van der Waals surface area contributed by atoms with E-state index < -0.39 is 0 Å². The Bertz CT molecular complexity index is 364.